The van der Waals surface area contributed by atoms with Crippen molar-refractivity contribution in [2.75, 3.05) is 13.2 Å². The van der Waals surface area contributed by atoms with E-state index in [0.29, 0.717) is 18.2 Å². The van der Waals surface area contributed by atoms with Gasteiger partial charge in [-0.05, 0) is 12.1 Å². The van der Waals surface area contributed by atoms with Gasteiger partial charge in [-0.25, -0.2) is 0 Å². The van der Waals surface area contributed by atoms with E-state index in [0.717, 1.165) is 5.69 Å². The normalized spacial score (nSPS) is 18.4. The van der Waals surface area contributed by atoms with Crippen LogP contribution in [0.4, 0.5) is 0 Å². The molecule has 4 heteroatoms. The number of nitrogens with zero attached hydrogens (tertiary/aromatic N) is 1. The van der Waals surface area contributed by atoms with E-state index in [-0.39, 0.29) is 6.29 Å². The molecule has 1 aliphatic heterocycles. The Morgan fingerprint density at radius 2 is 2.17 bits per heavy atom. The van der Waals surface area contributed by atoms with E-state index >= 15 is 0 Å². The molecule has 0 amide bonds. The first-order valence-corrected chi connectivity index (χ1v) is 4.09. The van der Waals surface area contributed by atoms with E-state index in [1.165, 1.54) is 0 Å². The SMILES string of the molecule is Clc1ccnc(C2OCCO2)c1. The number of pyridine rings is 1. The second-order valence-corrected chi connectivity index (χ2v) is 2.91. The van der Waals surface area contributed by atoms with Crippen LogP contribution in [0.3, 0.4) is 0 Å². The van der Waals surface area contributed by atoms with Crippen LogP contribution in [0.25, 0.3) is 0 Å². The number of aromatic nitrogens is 1. The molecule has 2 rings (SSSR count). The van der Waals surface area contributed by atoms with Gasteiger partial charge in [-0.15, -0.1) is 0 Å². The van der Waals surface area contributed by atoms with Crippen LogP contribution in [0.5, 0.6) is 0 Å². The lowest BCUT2D eigenvalue weighted by molar-refractivity contribution is -0.0472. The van der Waals surface area contributed by atoms with Gasteiger partial charge in [0.2, 0.25) is 6.29 Å². The minimum Gasteiger partial charge on any atom is -0.345 e. The fourth-order valence-corrected chi connectivity index (χ4v) is 1.25. The van der Waals surface area contributed by atoms with Crippen LogP contribution in [0.2, 0.25) is 5.02 Å². The van der Waals surface area contributed by atoms with Gasteiger partial charge in [0.25, 0.3) is 0 Å². The Labute approximate surface area is 75.3 Å². The van der Waals surface area contributed by atoms with Gasteiger partial charge in [0.05, 0.1) is 18.9 Å². The lowest BCUT2D eigenvalue weighted by Gasteiger charge is -2.07. The van der Waals surface area contributed by atoms with Gasteiger partial charge in [0.15, 0.2) is 0 Å². The summed E-state index contributed by atoms with van der Waals surface area (Å²) < 4.78 is 10.5. The summed E-state index contributed by atoms with van der Waals surface area (Å²) in [7, 11) is 0. The van der Waals surface area contributed by atoms with Crippen molar-refractivity contribution in [3.63, 3.8) is 0 Å². The fraction of sp³-hybridized carbons (Fsp3) is 0.375. The average molecular weight is 186 g/mol. The summed E-state index contributed by atoms with van der Waals surface area (Å²) in [5.74, 6) is 0. The highest BCUT2D eigenvalue weighted by Crippen LogP contribution is 2.22. The molecule has 0 aliphatic carbocycles. The van der Waals surface area contributed by atoms with Crippen LogP contribution in [0, 0.1) is 0 Å². The maximum Gasteiger partial charge on any atom is 0.201 e. The third-order valence-electron chi connectivity index (χ3n) is 1.61. The van der Waals surface area contributed by atoms with Gasteiger partial charge in [0, 0.05) is 11.2 Å². The van der Waals surface area contributed by atoms with E-state index in [2.05, 4.69) is 4.98 Å². The number of hydrogen-bond donors (Lipinski definition) is 0. The summed E-state index contributed by atoms with van der Waals surface area (Å²) in [6.45, 7) is 1.25. The van der Waals surface area contributed by atoms with Crippen molar-refractivity contribution in [2.45, 2.75) is 6.29 Å². The Bertz CT molecular complexity index is 274. The molecular formula is C8H8ClNO2. The summed E-state index contributed by atoms with van der Waals surface area (Å²) in [6, 6.07) is 3.47. The summed E-state index contributed by atoms with van der Waals surface area (Å²) in [5, 5.41) is 0.652. The second kappa shape index (κ2) is 3.39. The molecule has 12 heavy (non-hydrogen) atoms. The summed E-state index contributed by atoms with van der Waals surface area (Å²) in [4.78, 5) is 4.09. The van der Waals surface area contributed by atoms with E-state index < -0.39 is 0 Å². The first kappa shape index (κ1) is 7.98. The Morgan fingerprint density at radius 1 is 1.42 bits per heavy atom. The Kier molecular flexibility index (Phi) is 2.26. The fourth-order valence-electron chi connectivity index (χ4n) is 1.08. The molecule has 1 aromatic heterocycles. The molecule has 1 aliphatic rings. The molecular weight excluding hydrogens is 178 g/mol. The number of ether oxygens (including phenoxy) is 2. The zero-order valence-corrected chi connectivity index (χ0v) is 7.12. The number of rotatable bonds is 1. The van der Waals surface area contributed by atoms with Gasteiger partial charge >= 0.3 is 0 Å². The first-order chi connectivity index (χ1) is 5.86. The van der Waals surface area contributed by atoms with E-state index in [4.69, 9.17) is 21.1 Å². The third-order valence-corrected chi connectivity index (χ3v) is 1.84. The minimum absolute atomic E-state index is 0.330. The molecule has 1 aromatic rings. The van der Waals surface area contributed by atoms with Gasteiger partial charge in [0.1, 0.15) is 0 Å². The topological polar surface area (TPSA) is 31.4 Å². The largest absolute Gasteiger partial charge is 0.345 e. The zero-order valence-electron chi connectivity index (χ0n) is 6.37. The molecule has 0 N–H and O–H groups in total. The average Bonchev–Trinajstić information content (AvgIpc) is 2.56. The maximum absolute atomic E-state index is 5.77. The summed E-state index contributed by atoms with van der Waals surface area (Å²) >= 11 is 5.77. The smallest absolute Gasteiger partial charge is 0.201 e. The summed E-state index contributed by atoms with van der Waals surface area (Å²) in [5.41, 5.74) is 0.736. The molecule has 3 nitrogen and oxygen atoms in total. The van der Waals surface area contributed by atoms with Crippen LogP contribution in [0.15, 0.2) is 18.3 Å². The third kappa shape index (κ3) is 1.58. The second-order valence-electron chi connectivity index (χ2n) is 2.47. The van der Waals surface area contributed by atoms with Crippen molar-refractivity contribution in [3.05, 3.63) is 29.0 Å². The summed E-state index contributed by atoms with van der Waals surface area (Å²) in [6.07, 6.45) is 1.31. The highest BCUT2D eigenvalue weighted by Gasteiger charge is 2.19. The Balaban J connectivity index is 2.21. The predicted octanol–water partition coefficient (Wildman–Crippen LogP) is 1.78. The highest BCUT2D eigenvalue weighted by atomic mass is 35.5. The molecule has 0 radical (unpaired) electrons. The van der Waals surface area contributed by atoms with Gasteiger partial charge in [-0.2, -0.15) is 0 Å². The Hall–Kier alpha value is -0.640. The molecule has 1 fully saturated rings. The molecule has 0 unspecified atom stereocenters. The van der Waals surface area contributed by atoms with Crippen LogP contribution < -0.4 is 0 Å². The highest BCUT2D eigenvalue weighted by molar-refractivity contribution is 6.30. The Morgan fingerprint density at radius 3 is 2.83 bits per heavy atom. The van der Waals surface area contributed by atoms with Gasteiger partial charge in [-0.3, -0.25) is 4.98 Å². The zero-order chi connectivity index (χ0) is 8.39. The molecule has 2 heterocycles. The lowest BCUT2D eigenvalue weighted by Crippen LogP contribution is -2.00. The standard InChI is InChI=1S/C8H8ClNO2/c9-6-1-2-10-7(5-6)8-11-3-4-12-8/h1-2,5,8H,3-4H2. The number of hydrogen-bond acceptors (Lipinski definition) is 3. The predicted molar refractivity (Wildman–Crippen MR) is 43.9 cm³/mol. The molecule has 0 bridgehead atoms. The van der Waals surface area contributed by atoms with E-state index in [1.807, 2.05) is 0 Å². The van der Waals surface area contributed by atoms with Crippen molar-refractivity contribution in [3.8, 4) is 0 Å². The van der Waals surface area contributed by atoms with Crippen molar-refractivity contribution in [2.24, 2.45) is 0 Å². The maximum atomic E-state index is 5.77. The molecule has 0 atom stereocenters. The van der Waals surface area contributed by atoms with E-state index in [9.17, 15) is 0 Å². The van der Waals surface area contributed by atoms with Crippen molar-refractivity contribution in [1.29, 1.82) is 0 Å². The molecule has 0 spiro atoms. The minimum atomic E-state index is -0.330. The quantitative estimate of drug-likeness (QED) is 0.669. The van der Waals surface area contributed by atoms with Crippen molar-refractivity contribution >= 4 is 11.6 Å². The van der Waals surface area contributed by atoms with Gasteiger partial charge < -0.3 is 9.47 Å². The van der Waals surface area contributed by atoms with Crippen molar-refractivity contribution in [1.82, 2.24) is 4.98 Å². The molecule has 0 saturated carbocycles. The van der Waals surface area contributed by atoms with Crippen LogP contribution in [0.1, 0.15) is 12.0 Å². The van der Waals surface area contributed by atoms with E-state index in [1.54, 1.807) is 18.3 Å². The monoisotopic (exact) mass is 185 g/mol. The van der Waals surface area contributed by atoms with Crippen LogP contribution in [-0.4, -0.2) is 18.2 Å². The van der Waals surface area contributed by atoms with Crippen molar-refractivity contribution < 1.29 is 9.47 Å². The van der Waals surface area contributed by atoms with Crippen LogP contribution >= 0.6 is 11.6 Å². The number of halogens is 1. The van der Waals surface area contributed by atoms with Gasteiger partial charge in [-0.1, -0.05) is 11.6 Å². The lowest BCUT2D eigenvalue weighted by atomic mass is 10.3. The van der Waals surface area contributed by atoms with Crippen LogP contribution in [-0.2, 0) is 9.47 Å². The first-order valence-electron chi connectivity index (χ1n) is 3.71. The molecule has 0 aromatic carbocycles. The molecule has 1 saturated heterocycles. The molecule has 64 valence electrons.